The van der Waals surface area contributed by atoms with Crippen molar-refractivity contribution in [2.45, 2.75) is 45.6 Å². The first-order valence-electron chi connectivity index (χ1n) is 10.0. The third kappa shape index (κ3) is 7.51. The van der Waals surface area contributed by atoms with Crippen LogP contribution in [0.3, 0.4) is 0 Å². The number of carbonyl (C=O) groups excluding carboxylic acids is 1. The van der Waals surface area contributed by atoms with E-state index < -0.39 is 23.5 Å². The van der Waals surface area contributed by atoms with Gasteiger partial charge in [-0.3, -0.25) is 9.78 Å². The van der Waals surface area contributed by atoms with Crippen LogP contribution in [0.4, 0.5) is 26.3 Å². The molecule has 0 aliphatic heterocycles. The summed E-state index contributed by atoms with van der Waals surface area (Å²) < 4.78 is 78.7. The van der Waals surface area contributed by atoms with Gasteiger partial charge in [-0.05, 0) is 55.1 Å². The van der Waals surface area contributed by atoms with Crippen molar-refractivity contribution in [1.82, 2.24) is 10.3 Å². The maximum Gasteiger partial charge on any atom is 0.416 e. The molecule has 0 saturated heterocycles. The second-order valence-corrected chi connectivity index (χ2v) is 8.02. The quantitative estimate of drug-likeness (QED) is 0.517. The summed E-state index contributed by atoms with van der Waals surface area (Å²) in [6, 6.07) is 5.61. The van der Waals surface area contributed by atoms with Crippen LogP contribution in [-0.4, -0.2) is 17.4 Å². The molecule has 1 aromatic carbocycles. The Hall–Kier alpha value is -2.62. The molecular formula is C22H25F6N3O. The fourth-order valence-corrected chi connectivity index (χ4v) is 3.29. The third-order valence-corrected chi connectivity index (χ3v) is 4.77. The van der Waals surface area contributed by atoms with E-state index in [4.69, 9.17) is 5.73 Å². The minimum absolute atomic E-state index is 0.0141. The molecule has 0 fully saturated rings. The summed E-state index contributed by atoms with van der Waals surface area (Å²) in [5, 5.41) is 2.67. The smallest absolute Gasteiger partial charge is 0.350 e. The van der Waals surface area contributed by atoms with Crippen molar-refractivity contribution in [3.8, 4) is 11.3 Å². The van der Waals surface area contributed by atoms with Gasteiger partial charge < -0.3 is 11.1 Å². The lowest BCUT2D eigenvalue weighted by Gasteiger charge is -2.16. The summed E-state index contributed by atoms with van der Waals surface area (Å²) in [6.45, 7) is 4.38. The van der Waals surface area contributed by atoms with Gasteiger partial charge in [-0.25, -0.2) is 0 Å². The normalized spacial score (nSPS) is 13.3. The fraction of sp³-hybridized carbons (Fsp3) is 0.455. The third-order valence-electron chi connectivity index (χ3n) is 4.77. The second kappa shape index (κ2) is 10.3. The molecule has 1 amide bonds. The molecular weight excluding hydrogens is 436 g/mol. The van der Waals surface area contributed by atoms with Crippen molar-refractivity contribution in [2.75, 3.05) is 6.54 Å². The van der Waals surface area contributed by atoms with Crippen LogP contribution < -0.4 is 11.1 Å². The van der Waals surface area contributed by atoms with Gasteiger partial charge in [0.05, 0.1) is 29.1 Å². The summed E-state index contributed by atoms with van der Waals surface area (Å²) in [7, 11) is 0. The van der Waals surface area contributed by atoms with Crippen LogP contribution in [0.1, 0.15) is 43.5 Å². The van der Waals surface area contributed by atoms with Gasteiger partial charge >= 0.3 is 12.4 Å². The lowest BCUT2D eigenvalue weighted by atomic mass is 9.94. The van der Waals surface area contributed by atoms with Crippen LogP contribution in [0.5, 0.6) is 0 Å². The Bertz CT molecular complexity index is 892. The van der Waals surface area contributed by atoms with E-state index in [0.717, 1.165) is 6.42 Å². The molecule has 0 radical (unpaired) electrons. The van der Waals surface area contributed by atoms with Crippen LogP contribution in [0.2, 0.25) is 0 Å². The average Bonchev–Trinajstić information content (AvgIpc) is 2.70. The Morgan fingerprint density at radius 1 is 1.03 bits per heavy atom. The molecule has 0 bridgehead atoms. The van der Waals surface area contributed by atoms with Crippen molar-refractivity contribution < 1.29 is 31.1 Å². The number of pyridine rings is 1. The minimum atomic E-state index is -4.95. The number of hydrogen-bond donors (Lipinski definition) is 2. The Labute approximate surface area is 182 Å². The largest absolute Gasteiger partial charge is 0.416 e. The van der Waals surface area contributed by atoms with Gasteiger partial charge in [-0.15, -0.1) is 0 Å². The number of rotatable bonds is 8. The fourth-order valence-electron chi connectivity index (χ4n) is 3.29. The SMILES string of the molecule is CC(C)C[C@H](CN)CC(=O)NCc1cccc(-c2cc(C(F)(F)F)cc(C(F)(F)F)c2)n1. The van der Waals surface area contributed by atoms with E-state index >= 15 is 0 Å². The Kier molecular flexibility index (Phi) is 8.28. The van der Waals surface area contributed by atoms with Crippen LogP contribution >= 0.6 is 0 Å². The highest BCUT2D eigenvalue weighted by molar-refractivity contribution is 5.76. The zero-order chi connectivity index (χ0) is 24.1. The van der Waals surface area contributed by atoms with E-state index in [9.17, 15) is 31.1 Å². The molecule has 32 heavy (non-hydrogen) atoms. The van der Waals surface area contributed by atoms with E-state index in [2.05, 4.69) is 10.3 Å². The first-order valence-corrected chi connectivity index (χ1v) is 10.0. The first-order chi connectivity index (χ1) is 14.8. The molecule has 10 heteroatoms. The molecule has 0 unspecified atom stereocenters. The summed E-state index contributed by atoms with van der Waals surface area (Å²) in [4.78, 5) is 16.3. The monoisotopic (exact) mass is 461 g/mol. The molecule has 1 aromatic heterocycles. The Balaban J connectivity index is 2.21. The maximum atomic E-state index is 13.1. The van der Waals surface area contributed by atoms with Crippen molar-refractivity contribution in [3.05, 3.63) is 53.2 Å². The molecule has 2 rings (SSSR count). The number of nitrogens with one attached hydrogen (secondary N) is 1. The van der Waals surface area contributed by atoms with Gasteiger partial charge in [-0.2, -0.15) is 26.3 Å². The molecule has 0 aliphatic carbocycles. The molecule has 0 spiro atoms. The Morgan fingerprint density at radius 3 is 2.12 bits per heavy atom. The molecule has 0 aliphatic rings. The number of aromatic nitrogens is 1. The average molecular weight is 461 g/mol. The zero-order valence-electron chi connectivity index (χ0n) is 17.6. The lowest BCUT2D eigenvalue weighted by molar-refractivity contribution is -0.143. The van der Waals surface area contributed by atoms with Gasteiger partial charge in [0.2, 0.25) is 5.91 Å². The number of halogens is 6. The van der Waals surface area contributed by atoms with Crippen molar-refractivity contribution in [2.24, 2.45) is 17.6 Å². The predicted octanol–water partition coefficient (Wildman–Crippen LogP) is 5.41. The van der Waals surface area contributed by atoms with Crippen LogP contribution in [0, 0.1) is 11.8 Å². The van der Waals surface area contributed by atoms with E-state index in [-0.39, 0.29) is 42.1 Å². The van der Waals surface area contributed by atoms with Crippen molar-refractivity contribution in [3.63, 3.8) is 0 Å². The lowest BCUT2D eigenvalue weighted by Crippen LogP contribution is -2.28. The van der Waals surface area contributed by atoms with E-state index in [1.165, 1.54) is 18.2 Å². The van der Waals surface area contributed by atoms with Gasteiger partial charge in [0.1, 0.15) is 0 Å². The van der Waals surface area contributed by atoms with Crippen LogP contribution in [0.15, 0.2) is 36.4 Å². The van der Waals surface area contributed by atoms with Crippen molar-refractivity contribution >= 4 is 5.91 Å². The molecule has 4 nitrogen and oxygen atoms in total. The molecule has 0 saturated carbocycles. The number of nitrogens with two attached hydrogens (primary N) is 1. The van der Waals surface area contributed by atoms with Crippen molar-refractivity contribution in [1.29, 1.82) is 0 Å². The summed E-state index contributed by atoms with van der Waals surface area (Å²) >= 11 is 0. The number of amides is 1. The number of hydrogen-bond acceptors (Lipinski definition) is 3. The molecule has 2 aromatic rings. The van der Waals surface area contributed by atoms with Gasteiger partial charge in [0, 0.05) is 12.0 Å². The highest BCUT2D eigenvalue weighted by Crippen LogP contribution is 2.38. The topological polar surface area (TPSA) is 68.0 Å². The molecule has 1 atom stereocenters. The molecule has 176 valence electrons. The van der Waals surface area contributed by atoms with E-state index in [1.54, 1.807) is 0 Å². The van der Waals surface area contributed by atoms with Gasteiger partial charge in [0.25, 0.3) is 0 Å². The van der Waals surface area contributed by atoms with Crippen LogP contribution in [-0.2, 0) is 23.7 Å². The Morgan fingerprint density at radius 2 is 1.62 bits per heavy atom. The van der Waals surface area contributed by atoms with Crippen LogP contribution in [0.25, 0.3) is 11.3 Å². The summed E-state index contributed by atoms with van der Waals surface area (Å²) in [5.74, 6) is 0.135. The first kappa shape index (κ1) is 25.6. The van der Waals surface area contributed by atoms with E-state index in [1.807, 2.05) is 13.8 Å². The number of alkyl halides is 6. The van der Waals surface area contributed by atoms with Gasteiger partial charge in [-0.1, -0.05) is 19.9 Å². The predicted molar refractivity (Wildman–Crippen MR) is 108 cm³/mol. The highest BCUT2D eigenvalue weighted by Gasteiger charge is 2.37. The summed E-state index contributed by atoms with van der Waals surface area (Å²) in [6.07, 6.45) is -8.89. The van der Waals surface area contributed by atoms with Gasteiger partial charge in [0.15, 0.2) is 0 Å². The second-order valence-electron chi connectivity index (χ2n) is 8.02. The number of nitrogens with zero attached hydrogens (tertiary/aromatic N) is 1. The molecule has 3 N–H and O–H groups in total. The maximum absolute atomic E-state index is 13.1. The minimum Gasteiger partial charge on any atom is -0.350 e. The number of carbonyl (C=O) groups is 1. The van der Waals surface area contributed by atoms with E-state index in [0.29, 0.717) is 30.3 Å². The highest BCUT2D eigenvalue weighted by atomic mass is 19.4. The zero-order valence-corrected chi connectivity index (χ0v) is 17.6. The standard InChI is InChI=1S/C22H25F6N3O/c1-13(2)6-14(11-29)7-20(32)30-12-18-4-3-5-19(31-18)15-8-16(21(23,24)25)10-17(9-15)22(26,27)28/h3-5,8-10,13-14H,6-7,11-12,29H2,1-2H3,(H,30,32)/t14-/m0/s1. The molecule has 1 heterocycles. The summed E-state index contributed by atoms with van der Waals surface area (Å²) in [5.41, 5.74) is 2.78. The number of benzene rings is 1.